The molecule has 0 radical (unpaired) electrons. The van der Waals surface area contributed by atoms with Crippen molar-refractivity contribution in [3.05, 3.63) is 24.3 Å². The molecule has 2 heterocycles. The summed E-state index contributed by atoms with van der Waals surface area (Å²) in [5.74, 6) is -0.171. The number of hydrogen-bond donors (Lipinski definition) is 1. The van der Waals surface area contributed by atoms with Gasteiger partial charge in [0.1, 0.15) is 5.75 Å². The van der Waals surface area contributed by atoms with Crippen molar-refractivity contribution in [2.75, 3.05) is 44.7 Å². The molecule has 2 N–H and O–H groups in total. The first-order valence-electron chi connectivity index (χ1n) is 8.25. The van der Waals surface area contributed by atoms with Crippen LogP contribution in [0, 0.1) is 0 Å². The van der Waals surface area contributed by atoms with Gasteiger partial charge in [-0.05, 0) is 12.1 Å². The molecule has 0 spiro atoms. The molecule has 0 saturated carbocycles. The van der Waals surface area contributed by atoms with Crippen molar-refractivity contribution in [2.24, 2.45) is 5.73 Å². The molecule has 3 amide bonds. The normalized spacial score (nSPS) is 22.4. The number of imide groups is 1. The highest BCUT2D eigenvalue weighted by Crippen LogP contribution is 2.28. The van der Waals surface area contributed by atoms with Crippen molar-refractivity contribution < 1.29 is 19.1 Å². The molecule has 2 aliphatic heterocycles. The molecule has 0 bridgehead atoms. The summed E-state index contributed by atoms with van der Waals surface area (Å²) in [4.78, 5) is 41.4. The Kier molecular flexibility index (Phi) is 5.00. The van der Waals surface area contributed by atoms with Gasteiger partial charge in [0.2, 0.25) is 11.8 Å². The largest absolute Gasteiger partial charge is 0.497 e. The Morgan fingerprint density at radius 1 is 1.24 bits per heavy atom. The average Bonchev–Trinajstić information content (AvgIpc) is 2.89. The van der Waals surface area contributed by atoms with Crippen LogP contribution in [0.2, 0.25) is 0 Å². The van der Waals surface area contributed by atoms with Gasteiger partial charge in [-0.2, -0.15) is 0 Å². The van der Waals surface area contributed by atoms with E-state index in [2.05, 4.69) is 0 Å². The lowest BCUT2D eigenvalue weighted by atomic mass is 10.1. The summed E-state index contributed by atoms with van der Waals surface area (Å²) < 4.78 is 5.17. The third-order valence-electron chi connectivity index (χ3n) is 4.66. The van der Waals surface area contributed by atoms with E-state index in [0.717, 1.165) is 0 Å². The molecule has 1 aromatic rings. The number of amides is 3. The van der Waals surface area contributed by atoms with E-state index in [-0.39, 0.29) is 30.7 Å². The number of anilines is 1. The lowest BCUT2D eigenvalue weighted by molar-refractivity contribution is -0.124. The number of nitrogens with two attached hydrogens (primary N) is 1. The minimum atomic E-state index is -0.450. The molecule has 2 saturated heterocycles. The standard InChI is InChI=1S/C17H22N4O4/c1-25-13-4-2-3-12(9-13)21-16(23)10-14(17(21)24)20-7-5-19(6-8-20)11-15(18)22/h2-4,9,14H,5-8,10-11H2,1H3,(H2,18,22). The number of rotatable bonds is 5. The van der Waals surface area contributed by atoms with E-state index in [1.807, 2.05) is 9.80 Å². The monoisotopic (exact) mass is 346 g/mol. The summed E-state index contributed by atoms with van der Waals surface area (Å²) in [5.41, 5.74) is 5.75. The summed E-state index contributed by atoms with van der Waals surface area (Å²) in [5, 5.41) is 0. The number of nitrogens with zero attached hydrogens (tertiary/aromatic N) is 3. The van der Waals surface area contributed by atoms with Crippen LogP contribution in [0.4, 0.5) is 5.69 Å². The maximum Gasteiger partial charge on any atom is 0.251 e. The minimum absolute atomic E-state index is 0.172. The third kappa shape index (κ3) is 3.64. The molecule has 2 aliphatic rings. The third-order valence-corrected chi connectivity index (χ3v) is 4.66. The number of carbonyl (C=O) groups is 3. The number of benzene rings is 1. The van der Waals surface area contributed by atoms with Gasteiger partial charge in [-0.3, -0.25) is 24.2 Å². The first-order valence-corrected chi connectivity index (χ1v) is 8.25. The van der Waals surface area contributed by atoms with Gasteiger partial charge in [0.25, 0.3) is 5.91 Å². The second-order valence-corrected chi connectivity index (χ2v) is 6.27. The Morgan fingerprint density at radius 3 is 2.60 bits per heavy atom. The molecule has 8 heteroatoms. The highest BCUT2D eigenvalue weighted by molar-refractivity contribution is 6.22. The van der Waals surface area contributed by atoms with Crippen LogP contribution in [-0.2, 0) is 14.4 Å². The van der Waals surface area contributed by atoms with E-state index < -0.39 is 6.04 Å². The zero-order valence-corrected chi connectivity index (χ0v) is 14.2. The van der Waals surface area contributed by atoms with E-state index in [1.54, 1.807) is 31.4 Å². The molecule has 0 aromatic heterocycles. The van der Waals surface area contributed by atoms with Gasteiger partial charge >= 0.3 is 0 Å². The van der Waals surface area contributed by atoms with E-state index in [9.17, 15) is 14.4 Å². The van der Waals surface area contributed by atoms with Crippen LogP contribution in [0.25, 0.3) is 0 Å². The molecule has 134 valence electrons. The van der Waals surface area contributed by atoms with Crippen molar-refractivity contribution in [2.45, 2.75) is 12.5 Å². The second kappa shape index (κ2) is 7.20. The maximum absolute atomic E-state index is 12.8. The fourth-order valence-electron chi connectivity index (χ4n) is 3.38. The highest BCUT2D eigenvalue weighted by atomic mass is 16.5. The van der Waals surface area contributed by atoms with E-state index >= 15 is 0 Å². The smallest absolute Gasteiger partial charge is 0.251 e. The summed E-state index contributed by atoms with van der Waals surface area (Å²) in [6, 6.07) is 6.48. The van der Waals surface area contributed by atoms with E-state index in [0.29, 0.717) is 37.6 Å². The Labute approximate surface area is 146 Å². The number of ether oxygens (including phenoxy) is 1. The molecule has 25 heavy (non-hydrogen) atoms. The number of carbonyl (C=O) groups excluding carboxylic acids is 3. The van der Waals surface area contributed by atoms with Crippen LogP contribution in [-0.4, -0.2) is 73.4 Å². The van der Waals surface area contributed by atoms with Crippen LogP contribution in [0.3, 0.4) is 0 Å². The van der Waals surface area contributed by atoms with E-state index in [4.69, 9.17) is 10.5 Å². The molecule has 2 fully saturated rings. The topological polar surface area (TPSA) is 96.2 Å². The van der Waals surface area contributed by atoms with Crippen molar-refractivity contribution in [1.29, 1.82) is 0 Å². The number of primary amides is 1. The van der Waals surface area contributed by atoms with Gasteiger partial charge in [-0.15, -0.1) is 0 Å². The Balaban J connectivity index is 1.68. The zero-order chi connectivity index (χ0) is 18.0. The Bertz CT molecular complexity index is 685. The van der Waals surface area contributed by atoms with Crippen molar-refractivity contribution in [3.63, 3.8) is 0 Å². The number of piperazine rings is 1. The maximum atomic E-state index is 12.8. The molecular weight excluding hydrogens is 324 g/mol. The van der Waals surface area contributed by atoms with E-state index in [1.165, 1.54) is 4.90 Å². The minimum Gasteiger partial charge on any atom is -0.497 e. The summed E-state index contributed by atoms with van der Waals surface area (Å²) in [6.45, 7) is 2.79. The van der Waals surface area contributed by atoms with Crippen molar-refractivity contribution in [3.8, 4) is 5.75 Å². The van der Waals surface area contributed by atoms with Gasteiger partial charge in [0, 0.05) is 32.2 Å². The highest BCUT2D eigenvalue weighted by Gasteiger charge is 2.43. The molecule has 3 rings (SSSR count). The molecule has 8 nitrogen and oxygen atoms in total. The first kappa shape index (κ1) is 17.4. The van der Waals surface area contributed by atoms with Gasteiger partial charge in [-0.1, -0.05) is 6.07 Å². The SMILES string of the molecule is COc1cccc(N2C(=O)CC(N3CCN(CC(N)=O)CC3)C2=O)c1. The number of methoxy groups -OCH3 is 1. The summed E-state index contributed by atoms with van der Waals surface area (Å²) >= 11 is 0. The van der Waals surface area contributed by atoms with Gasteiger partial charge in [0.15, 0.2) is 0 Å². The van der Waals surface area contributed by atoms with Crippen LogP contribution in [0.15, 0.2) is 24.3 Å². The molecule has 1 atom stereocenters. The summed E-state index contributed by atoms with van der Waals surface area (Å²) in [7, 11) is 1.54. The second-order valence-electron chi connectivity index (χ2n) is 6.27. The van der Waals surface area contributed by atoms with Crippen molar-refractivity contribution in [1.82, 2.24) is 9.80 Å². The zero-order valence-electron chi connectivity index (χ0n) is 14.2. The lowest BCUT2D eigenvalue weighted by Gasteiger charge is -2.36. The Morgan fingerprint density at radius 2 is 1.96 bits per heavy atom. The lowest BCUT2D eigenvalue weighted by Crippen LogP contribution is -2.53. The van der Waals surface area contributed by atoms with Crippen LogP contribution < -0.4 is 15.4 Å². The fourth-order valence-corrected chi connectivity index (χ4v) is 3.38. The predicted octanol–water partition coefficient (Wildman–Crippen LogP) is -0.570. The fraction of sp³-hybridized carbons (Fsp3) is 0.471. The number of hydrogen-bond acceptors (Lipinski definition) is 6. The van der Waals surface area contributed by atoms with Crippen LogP contribution in [0.1, 0.15) is 6.42 Å². The predicted molar refractivity (Wildman–Crippen MR) is 91.1 cm³/mol. The molecular formula is C17H22N4O4. The van der Waals surface area contributed by atoms with Gasteiger partial charge < -0.3 is 10.5 Å². The van der Waals surface area contributed by atoms with Crippen LogP contribution in [0.5, 0.6) is 5.75 Å². The first-order chi connectivity index (χ1) is 12.0. The van der Waals surface area contributed by atoms with Crippen molar-refractivity contribution >= 4 is 23.4 Å². The molecule has 1 aromatic carbocycles. The van der Waals surface area contributed by atoms with Gasteiger partial charge in [-0.25, -0.2) is 4.90 Å². The average molecular weight is 346 g/mol. The van der Waals surface area contributed by atoms with Gasteiger partial charge in [0.05, 0.1) is 31.8 Å². The summed E-state index contributed by atoms with van der Waals surface area (Å²) in [6.07, 6.45) is 0.172. The molecule has 0 aliphatic carbocycles. The van der Waals surface area contributed by atoms with Crippen LogP contribution >= 0.6 is 0 Å². The quantitative estimate of drug-likeness (QED) is 0.718. The molecule has 1 unspecified atom stereocenters. The Hall–Kier alpha value is -2.45.